The molecule has 0 aliphatic heterocycles. The molecule has 0 fully saturated rings. The van der Waals surface area contributed by atoms with Crippen molar-refractivity contribution < 1.29 is 9.53 Å². The number of benzene rings is 1. The summed E-state index contributed by atoms with van der Waals surface area (Å²) in [5.41, 5.74) is 1.52. The highest BCUT2D eigenvalue weighted by molar-refractivity contribution is 7.15. The second kappa shape index (κ2) is 5.94. The second-order valence-electron chi connectivity index (χ2n) is 4.69. The summed E-state index contributed by atoms with van der Waals surface area (Å²) < 4.78 is 5.38. The Morgan fingerprint density at radius 2 is 2.29 bits per heavy atom. The molecule has 0 radical (unpaired) electrons. The molecule has 0 spiro atoms. The van der Waals surface area contributed by atoms with Gasteiger partial charge in [-0.05, 0) is 31.4 Å². The van der Waals surface area contributed by atoms with Gasteiger partial charge in [-0.1, -0.05) is 12.1 Å². The van der Waals surface area contributed by atoms with Gasteiger partial charge in [0.2, 0.25) is 0 Å². The van der Waals surface area contributed by atoms with Crippen molar-refractivity contribution in [3.05, 3.63) is 40.4 Å². The van der Waals surface area contributed by atoms with Crippen LogP contribution in [0.5, 0.6) is 5.75 Å². The van der Waals surface area contributed by atoms with Crippen LogP contribution in [0.25, 0.3) is 0 Å². The van der Waals surface area contributed by atoms with Crippen LogP contribution in [0.1, 0.15) is 22.6 Å². The van der Waals surface area contributed by atoms with Crippen molar-refractivity contribution in [3.8, 4) is 11.8 Å². The number of aromatic nitrogens is 1. The number of para-hydroxylation sites is 1. The molecular weight excluding hydrogens is 286 g/mol. The Balaban J connectivity index is 1.58. The molecule has 1 aliphatic carbocycles. The first-order valence-electron chi connectivity index (χ1n) is 6.66. The van der Waals surface area contributed by atoms with Crippen LogP contribution in [0.15, 0.2) is 24.3 Å². The molecule has 0 saturated carbocycles. The maximum Gasteiger partial charge on any atom is 0.264 e. The molecule has 1 amide bonds. The van der Waals surface area contributed by atoms with Crippen molar-refractivity contribution in [1.29, 1.82) is 5.26 Å². The molecule has 3 rings (SSSR count). The van der Waals surface area contributed by atoms with E-state index in [1.807, 2.05) is 6.07 Å². The number of fused-ring (bicyclic) bond motifs is 1. The SMILES string of the molecule is N#Cc1ccccc1OCC(=O)Nc1nc2c(s1)CCC2. The molecule has 1 aromatic carbocycles. The van der Waals surface area contributed by atoms with Crippen molar-refractivity contribution in [3.63, 3.8) is 0 Å². The molecular formula is C15H13N3O2S. The van der Waals surface area contributed by atoms with Crippen molar-refractivity contribution in [1.82, 2.24) is 4.98 Å². The smallest absolute Gasteiger partial charge is 0.264 e. The predicted octanol–water partition coefficient (Wildman–Crippen LogP) is 2.52. The summed E-state index contributed by atoms with van der Waals surface area (Å²) in [6.45, 7) is -0.136. The van der Waals surface area contributed by atoms with Crippen LogP contribution >= 0.6 is 11.3 Å². The lowest BCUT2D eigenvalue weighted by Crippen LogP contribution is -2.20. The first kappa shape index (κ1) is 13.6. The van der Waals surface area contributed by atoms with E-state index in [0.717, 1.165) is 25.0 Å². The average molecular weight is 299 g/mol. The van der Waals surface area contributed by atoms with Gasteiger partial charge in [0.15, 0.2) is 11.7 Å². The van der Waals surface area contributed by atoms with E-state index >= 15 is 0 Å². The van der Waals surface area contributed by atoms with E-state index in [9.17, 15) is 4.79 Å². The molecule has 6 heteroatoms. The third-order valence-electron chi connectivity index (χ3n) is 3.21. The molecule has 0 bridgehead atoms. The molecule has 1 heterocycles. The minimum absolute atomic E-state index is 0.136. The highest BCUT2D eigenvalue weighted by Crippen LogP contribution is 2.30. The molecule has 21 heavy (non-hydrogen) atoms. The monoisotopic (exact) mass is 299 g/mol. The molecule has 1 aromatic heterocycles. The first-order chi connectivity index (χ1) is 10.3. The number of thiazole rings is 1. The zero-order chi connectivity index (χ0) is 14.7. The molecule has 5 nitrogen and oxygen atoms in total. The zero-order valence-electron chi connectivity index (χ0n) is 11.3. The molecule has 1 N–H and O–H groups in total. The Morgan fingerprint density at radius 1 is 1.43 bits per heavy atom. The number of aryl methyl sites for hydroxylation is 2. The van der Waals surface area contributed by atoms with Gasteiger partial charge in [0.05, 0.1) is 11.3 Å². The van der Waals surface area contributed by atoms with Crippen LogP contribution in [0.3, 0.4) is 0 Å². The van der Waals surface area contributed by atoms with Gasteiger partial charge in [0.25, 0.3) is 5.91 Å². The highest BCUT2D eigenvalue weighted by atomic mass is 32.1. The number of amides is 1. The lowest BCUT2D eigenvalue weighted by atomic mass is 10.2. The third kappa shape index (κ3) is 3.03. The number of carbonyl (C=O) groups excluding carboxylic acids is 1. The summed E-state index contributed by atoms with van der Waals surface area (Å²) in [5.74, 6) is 0.145. The predicted molar refractivity (Wildman–Crippen MR) is 79.4 cm³/mol. The van der Waals surface area contributed by atoms with E-state index in [-0.39, 0.29) is 12.5 Å². The van der Waals surface area contributed by atoms with Crippen LogP contribution in [0.4, 0.5) is 5.13 Å². The van der Waals surface area contributed by atoms with Crippen LogP contribution in [-0.4, -0.2) is 17.5 Å². The molecule has 106 valence electrons. The van der Waals surface area contributed by atoms with E-state index < -0.39 is 0 Å². The fraction of sp³-hybridized carbons (Fsp3) is 0.267. The van der Waals surface area contributed by atoms with Crippen LogP contribution in [0, 0.1) is 11.3 Å². The largest absolute Gasteiger partial charge is 0.482 e. The summed E-state index contributed by atoms with van der Waals surface area (Å²) in [6.07, 6.45) is 3.19. The van der Waals surface area contributed by atoms with Gasteiger partial charge >= 0.3 is 0 Å². The van der Waals surface area contributed by atoms with Crippen LogP contribution in [-0.2, 0) is 17.6 Å². The second-order valence-corrected chi connectivity index (χ2v) is 5.77. The molecule has 1 aliphatic rings. The first-order valence-corrected chi connectivity index (χ1v) is 7.48. The van der Waals surface area contributed by atoms with Gasteiger partial charge in [0.1, 0.15) is 11.8 Å². The Morgan fingerprint density at radius 3 is 3.10 bits per heavy atom. The highest BCUT2D eigenvalue weighted by Gasteiger charge is 2.17. The van der Waals surface area contributed by atoms with Crippen molar-refractivity contribution in [2.75, 3.05) is 11.9 Å². The van der Waals surface area contributed by atoms with Crippen molar-refractivity contribution in [2.45, 2.75) is 19.3 Å². The summed E-state index contributed by atoms with van der Waals surface area (Å²) in [7, 11) is 0. The summed E-state index contributed by atoms with van der Waals surface area (Å²) in [5, 5.41) is 12.3. The minimum atomic E-state index is -0.268. The molecule has 0 atom stereocenters. The number of anilines is 1. The zero-order valence-corrected chi connectivity index (χ0v) is 12.1. The normalized spacial score (nSPS) is 12.5. The summed E-state index contributed by atoms with van der Waals surface area (Å²) >= 11 is 1.53. The number of nitrogens with one attached hydrogen (secondary N) is 1. The van der Waals surface area contributed by atoms with Crippen LogP contribution < -0.4 is 10.1 Å². The lowest BCUT2D eigenvalue weighted by molar-refractivity contribution is -0.118. The number of carbonyl (C=O) groups is 1. The fourth-order valence-corrected chi connectivity index (χ4v) is 3.29. The Bertz CT molecular complexity index is 696. The summed E-state index contributed by atoms with van der Waals surface area (Å²) in [4.78, 5) is 17.5. The summed E-state index contributed by atoms with van der Waals surface area (Å²) in [6, 6.07) is 8.87. The van der Waals surface area contributed by atoms with Gasteiger partial charge in [-0.25, -0.2) is 4.98 Å². The van der Waals surface area contributed by atoms with E-state index in [0.29, 0.717) is 16.4 Å². The minimum Gasteiger partial charge on any atom is -0.482 e. The number of hydrogen-bond donors (Lipinski definition) is 1. The maximum absolute atomic E-state index is 11.9. The van der Waals surface area contributed by atoms with E-state index in [1.54, 1.807) is 24.3 Å². The number of nitriles is 1. The topological polar surface area (TPSA) is 75.0 Å². The quantitative estimate of drug-likeness (QED) is 0.941. The third-order valence-corrected chi connectivity index (χ3v) is 4.28. The molecule has 0 saturated heterocycles. The number of nitrogens with zero attached hydrogens (tertiary/aromatic N) is 2. The molecule has 2 aromatic rings. The number of ether oxygens (including phenoxy) is 1. The maximum atomic E-state index is 11.9. The van der Waals surface area contributed by atoms with Crippen molar-refractivity contribution >= 4 is 22.4 Å². The van der Waals surface area contributed by atoms with E-state index in [1.165, 1.54) is 16.2 Å². The van der Waals surface area contributed by atoms with E-state index in [2.05, 4.69) is 10.3 Å². The van der Waals surface area contributed by atoms with Gasteiger partial charge in [0, 0.05) is 4.88 Å². The lowest BCUT2D eigenvalue weighted by Gasteiger charge is -2.06. The van der Waals surface area contributed by atoms with Gasteiger partial charge in [-0.15, -0.1) is 11.3 Å². The standard InChI is InChI=1S/C15H13N3O2S/c16-8-10-4-1-2-6-12(10)20-9-14(19)18-15-17-11-5-3-7-13(11)21-15/h1-2,4,6H,3,5,7,9H2,(H,17,18,19). The number of rotatable bonds is 4. The van der Waals surface area contributed by atoms with Crippen LogP contribution in [0.2, 0.25) is 0 Å². The van der Waals surface area contributed by atoms with Gasteiger partial charge in [-0.2, -0.15) is 5.26 Å². The average Bonchev–Trinajstić information content (AvgIpc) is 3.06. The number of hydrogen-bond acceptors (Lipinski definition) is 5. The van der Waals surface area contributed by atoms with E-state index in [4.69, 9.17) is 10.00 Å². The Labute approximate surface area is 126 Å². The molecule has 0 unspecified atom stereocenters. The Hall–Kier alpha value is -2.39. The van der Waals surface area contributed by atoms with Crippen molar-refractivity contribution in [2.24, 2.45) is 0 Å². The fourth-order valence-electron chi connectivity index (χ4n) is 2.23. The Kier molecular flexibility index (Phi) is 3.84. The van der Waals surface area contributed by atoms with Gasteiger partial charge in [-0.3, -0.25) is 10.1 Å². The van der Waals surface area contributed by atoms with Gasteiger partial charge < -0.3 is 4.74 Å².